The molecule has 174 valence electrons. The summed E-state index contributed by atoms with van der Waals surface area (Å²) < 4.78 is 7.85. The Bertz CT molecular complexity index is 1250. The predicted octanol–water partition coefficient (Wildman–Crippen LogP) is 5.00. The second-order valence-corrected chi connectivity index (χ2v) is 9.28. The molecule has 1 amide bonds. The lowest BCUT2D eigenvalue weighted by atomic mass is 10.1. The van der Waals surface area contributed by atoms with Crippen molar-refractivity contribution in [2.45, 2.75) is 19.8 Å². The third kappa shape index (κ3) is 5.37. The summed E-state index contributed by atoms with van der Waals surface area (Å²) in [6.07, 6.45) is 5.58. The van der Waals surface area contributed by atoms with Gasteiger partial charge >= 0.3 is 5.97 Å². The van der Waals surface area contributed by atoms with Crippen molar-refractivity contribution in [1.82, 2.24) is 14.7 Å². The fraction of sp³-hybridized carbons (Fsp3) is 0.200. The van der Waals surface area contributed by atoms with E-state index in [9.17, 15) is 9.59 Å². The fourth-order valence-electron chi connectivity index (χ4n) is 3.41. The molecule has 1 aromatic heterocycles. The van der Waals surface area contributed by atoms with E-state index in [4.69, 9.17) is 27.2 Å². The van der Waals surface area contributed by atoms with Gasteiger partial charge in [0.05, 0.1) is 17.2 Å². The second kappa shape index (κ2) is 10.7. The first-order valence-electron chi connectivity index (χ1n) is 10.8. The Morgan fingerprint density at radius 2 is 2.00 bits per heavy atom. The standard InChI is InChI=1S/C25H23N3O4S2/c1-2-3-12-32-20-11-7-8-17(13-20)23-18(15-28(26-23)19-9-5-4-6-10-19)14-21-24(31)27(16-22(29)30)25(33)34-21/h4-11,13-15H,2-3,12,16H2,1H3,(H,29,30)/b21-14-. The van der Waals surface area contributed by atoms with E-state index in [0.29, 0.717) is 22.8 Å². The minimum Gasteiger partial charge on any atom is -0.494 e. The number of rotatable bonds is 9. The Kier molecular flexibility index (Phi) is 7.44. The Labute approximate surface area is 207 Å². The summed E-state index contributed by atoms with van der Waals surface area (Å²) in [5.74, 6) is -0.790. The van der Waals surface area contributed by atoms with E-state index in [1.165, 1.54) is 0 Å². The number of benzene rings is 2. The van der Waals surface area contributed by atoms with E-state index < -0.39 is 18.4 Å². The Morgan fingerprint density at radius 3 is 2.74 bits per heavy atom. The number of aliphatic carboxylic acids is 1. The number of aromatic nitrogens is 2. The SMILES string of the molecule is CCCCOc1cccc(-c2nn(-c3ccccc3)cc2/C=C2\SC(=S)N(CC(=O)O)C2=O)c1. The molecular weight excluding hydrogens is 470 g/mol. The highest BCUT2D eigenvalue weighted by Gasteiger charge is 2.33. The number of thioether (sulfide) groups is 1. The van der Waals surface area contributed by atoms with Crippen molar-refractivity contribution in [2.75, 3.05) is 13.2 Å². The number of hydrogen-bond acceptors (Lipinski definition) is 6. The van der Waals surface area contributed by atoms with Crippen LogP contribution in [0, 0.1) is 0 Å². The number of carboxylic acid groups (broad SMARTS) is 1. The van der Waals surface area contributed by atoms with Crippen LogP contribution in [0.15, 0.2) is 65.7 Å². The van der Waals surface area contributed by atoms with Crippen LogP contribution in [0.3, 0.4) is 0 Å². The maximum atomic E-state index is 12.8. The predicted molar refractivity (Wildman–Crippen MR) is 137 cm³/mol. The maximum absolute atomic E-state index is 12.8. The third-order valence-electron chi connectivity index (χ3n) is 5.09. The molecule has 1 saturated heterocycles. The Morgan fingerprint density at radius 1 is 1.21 bits per heavy atom. The number of nitrogens with zero attached hydrogens (tertiary/aromatic N) is 3. The van der Waals surface area contributed by atoms with Crippen molar-refractivity contribution in [3.05, 3.63) is 71.3 Å². The van der Waals surface area contributed by atoms with Crippen LogP contribution in [0.1, 0.15) is 25.3 Å². The summed E-state index contributed by atoms with van der Waals surface area (Å²) in [7, 11) is 0. The first kappa shape index (κ1) is 23.7. The lowest BCUT2D eigenvalue weighted by Gasteiger charge is -2.10. The summed E-state index contributed by atoms with van der Waals surface area (Å²) >= 11 is 6.32. The lowest BCUT2D eigenvalue weighted by molar-refractivity contribution is -0.140. The molecule has 0 aliphatic carbocycles. The van der Waals surface area contributed by atoms with Crippen molar-refractivity contribution in [2.24, 2.45) is 0 Å². The number of carbonyl (C=O) groups excluding carboxylic acids is 1. The summed E-state index contributed by atoms with van der Waals surface area (Å²) in [4.78, 5) is 25.4. The molecule has 4 rings (SSSR count). The number of ether oxygens (including phenoxy) is 1. The van der Waals surface area contributed by atoms with Gasteiger partial charge in [-0.15, -0.1) is 0 Å². The van der Waals surface area contributed by atoms with Crippen LogP contribution in [0.25, 0.3) is 23.0 Å². The van der Waals surface area contributed by atoms with E-state index in [0.717, 1.165) is 46.5 Å². The molecule has 0 unspecified atom stereocenters. The number of amides is 1. The van der Waals surface area contributed by atoms with Crippen molar-refractivity contribution in [3.63, 3.8) is 0 Å². The third-order valence-corrected chi connectivity index (χ3v) is 6.47. The number of carbonyl (C=O) groups is 2. The molecule has 7 nitrogen and oxygen atoms in total. The quantitative estimate of drug-likeness (QED) is 0.255. The molecule has 2 heterocycles. The zero-order valence-electron chi connectivity index (χ0n) is 18.5. The Hall–Kier alpha value is -3.43. The number of para-hydroxylation sites is 1. The summed E-state index contributed by atoms with van der Waals surface area (Å²) in [6.45, 7) is 2.29. The van der Waals surface area contributed by atoms with Crippen LogP contribution < -0.4 is 4.74 Å². The molecular formula is C25H23N3O4S2. The van der Waals surface area contributed by atoms with E-state index in [-0.39, 0.29) is 4.32 Å². The van der Waals surface area contributed by atoms with Gasteiger partial charge in [0.25, 0.3) is 5.91 Å². The van der Waals surface area contributed by atoms with Gasteiger partial charge in [-0.1, -0.05) is 67.7 Å². The van der Waals surface area contributed by atoms with Gasteiger partial charge < -0.3 is 9.84 Å². The maximum Gasteiger partial charge on any atom is 0.323 e. The van der Waals surface area contributed by atoms with Crippen molar-refractivity contribution >= 4 is 46.3 Å². The summed E-state index contributed by atoms with van der Waals surface area (Å²) in [6, 6.07) is 17.4. The molecule has 0 radical (unpaired) electrons. The van der Waals surface area contributed by atoms with Crippen LogP contribution in [-0.2, 0) is 9.59 Å². The van der Waals surface area contributed by atoms with Gasteiger partial charge in [0.2, 0.25) is 0 Å². The topological polar surface area (TPSA) is 84.7 Å². The van der Waals surface area contributed by atoms with Gasteiger partial charge in [0, 0.05) is 17.3 Å². The number of unbranched alkanes of at least 4 members (excludes halogenated alkanes) is 1. The van der Waals surface area contributed by atoms with Crippen molar-refractivity contribution in [3.8, 4) is 22.7 Å². The molecule has 0 bridgehead atoms. The van der Waals surface area contributed by atoms with Crippen LogP contribution in [0.2, 0.25) is 0 Å². The number of carboxylic acids is 1. The van der Waals surface area contributed by atoms with E-state index in [1.54, 1.807) is 10.8 Å². The second-order valence-electron chi connectivity index (χ2n) is 7.60. The average Bonchev–Trinajstić information content (AvgIpc) is 3.36. The average molecular weight is 494 g/mol. The first-order chi connectivity index (χ1) is 16.5. The highest BCUT2D eigenvalue weighted by atomic mass is 32.2. The van der Waals surface area contributed by atoms with Crippen LogP contribution >= 0.6 is 24.0 Å². The molecule has 34 heavy (non-hydrogen) atoms. The lowest BCUT2D eigenvalue weighted by Crippen LogP contribution is -2.33. The zero-order chi connectivity index (χ0) is 24.1. The van der Waals surface area contributed by atoms with Gasteiger partial charge in [-0.25, -0.2) is 4.68 Å². The highest BCUT2D eigenvalue weighted by molar-refractivity contribution is 8.26. The van der Waals surface area contributed by atoms with Crippen LogP contribution in [0.4, 0.5) is 0 Å². The molecule has 9 heteroatoms. The van der Waals surface area contributed by atoms with E-state index in [2.05, 4.69) is 6.92 Å². The minimum absolute atomic E-state index is 0.224. The zero-order valence-corrected chi connectivity index (χ0v) is 20.1. The van der Waals surface area contributed by atoms with Gasteiger partial charge in [0.1, 0.15) is 22.3 Å². The Balaban J connectivity index is 1.74. The highest BCUT2D eigenvalue weighted by Crippen LogP contribution is 2.35. The molecule has 0 saturated carbocycles. The molecule has 3 aromatic rings. The van der Waals surface area contributed by atoms with Crippen LogP contribution in [-0.4, -0.2) is 49.1 Å². The summed E-state index contributed by atoms with van der Waals surface area (Å²) in [5, 5.41) is 13.9. The van der Waals surface area contributed by atoms with E-state index >= 15 is 0 Å². The monoisotopic (exact) mass is 493 g/mol. The number of hydrogen-bond donors (Lipinski definition) is 1. The fourth-order valence-corrected chi connectivity index (χ4v) is 4.66. The van der Waals surface area contributed by atoms with Crippen molar-refractivity contribution < 1.29 is 19.4 Å². The van der Waals surface area contributed by atoms with Gasteiger partial charge in [-0.2, -0.15) is 5.10 Å². The van der Waals surface area contributed by atoms with Gasteiger partial charge in [-0.05, 0) is 36.8 Å². The molecule has 1 aliphatic heterocycles. The van der Waals surface area contributed by atoms with Gasteiger partial charge in [0.15, 0.2) is 0 Å². The molecule has 1 aliphatic rings. The van der Waals surface area contributed by atoms with E-state index in [1.807, 2.05) is 60.8 Å². The van der Waals surface area contributed by atoms with Crippen molar-refractivity contribution in [1.29, 1.82) is 0 Å². The minimum atomic E-state index is -1.12. The first-order valence-corrected chi connectivity index (χ1v) is 12.0. The molecule has 0 atom stereocenters. The molecule has 0 spiro atoms. The smallest absolute Gasteiger partial charge is 0.323 e. The molecule has 1 fully saturated rings. The number of thiocarbonyl (C=S) groups is 1. The van der Waals surface area contributed by atoms with Crippen LogP contribution in [0.5, 0.6) is 5.75 Å². The molecule has 2 aromatic carbocycles. The largest absolute Gasteiger partial charge is 0.494 e. The van der Waals surface area contributed by atoms with Gasteiger partial charge in [-0.3, -0.25) is 14.5 Å². The normalized spacial score (nSPS) is 14.7. The molecule has 1 N–H and O–H groups in total. The summed E-state index contributed by atoms with van der Waals surface area (Å²) in [5.41, 5.74) is 3.10.